The average molecular weight is 376 g/mol. The Morgan fingerprint density at radius 3 is 2.82 bits per heavy atom. The zero-order valence-electron chi connectivity index (χ0n) is 15.5. The molecule has 142 valence electrons. The number of carboxylic acid groups (broad SMARTS) is 1. The summed E-state index contributed by atoms with van der Waals surface area (Å²) in [5.74, 6) is 0.323. The van der Waals surface area contributed by atoms with Crippen LogP contribution in [0.15, 0.2) is 51.7 Å². The second-order valence-electron chi connectivity index (χ2n) is 6.75. The SMILES string of the molecule is CCOc1ccccc1/C=C1\CCCc2c1oc1ccc(C(=O)O)cc1c2=O. The zero-order valence-corrected chi connectivity index (χ0v) is 15.5. The van der Waals surface area contributed by atoms with Crippen LogP contribution in [-0.4, -0.2) is 17.7 Å². The molecule has 3 aromatic rings. The first-order valence-corrected chi connectivity index (χ1v) is 9.34. The molecule has 0 unspecified atom stereocenters. The monoisotopic (exact) mass is 376 g/mol. The first kappa shape index (κ1) is 18.0. The Balaban J connectivity index is 1.88. The van der Waals surface area contributed by atoms with Crippen LogP contribution in [0.2, 0.25) is 0 Å². The van der Waals surface area contributed by atoms with Crippen LogP contribution in [0.1, 0.15) is 47.0 Å². The number of hydrogen-bond acceptors (Lipinski definition) is 4. The van der Waals surface area contributed by atoms with Gasteiger partial charge in [-0.2, -0.15) is 0 Å². The van der Waals surface area contributed by atoms with Crippen molar-refractivity contribution >= 4 is 28.6 Å². The Labute approximate surface area is 161 Å². The molecule has 1 heterocycles. The summed E-state index contributed by atoms with van der Waals surface area (Å²) in [6.45, 7) is 2.51. The van der Waals surface area contributed by atoms with Crippen molar-refractivity contribution in [3.05, 3.63) is 75.1 Å². The average Bonchev–Trinajstić information content (AvgIpc) is 2.70. The van der Waals surface area contributed by atoms with Gasteiger partial charge in [0, 0.05) is 11.1 Å². The fourth-order valence-electron chi connectivity index (χ4n) is 3.63. The summed E-state index contributed by atoms with van der Waals surface area (Å²) in [5, 5.41) is 9.51. The normalized spacial score (nSPS) is 14.8. The van der Waals surface area contributed by atoms with Crippen molar-refractivity contribution in [2.24, 2.45) is 0 Å². The van der Waals surface area contributed by atoms with Gasteiger partial charge >= 0.3 is 5.97 Å². The maximum absolute atomic E-state index is 13.0. The summed E-state index contributed by atoms with van der Waals surface area (Å²) < 4.78 is 11.8. The molecule has 2 aromatic carbocycles. The summed E-state index contributed by atoms with van der Waals surface area (Å²) in [6.07, 6.45) is 4.28. The molecule has 5 heteroatoms. The van der Waals surface area contributed by atoms with Crippen LogP contribution < -0.4 is 10.2 Å². The number of fused-ring (bicyclic) bond motifs is 2. The summed E-state index contributed by atoms with van der Waals surface area (Å²) in [4.78, 5) is 24.2. The number of allylic oxidation sites excluding steroid dienone is 1. The van der Waals surface area contributed by atoms with Crippen molar-refractivity contribution in [1.29, 1.82) is 0 Å². The molecule has 0 radical (unpaired) electrons. The molecule has 0 bridgehead atoms. The van der Waals surface area contributed by atoms with E-state index in [9.17, 15) is 14.7 Å². The highest BCUT2D eigenvalue weighted by Gasteiger charge is 2.22. The van der Waals surface area contributed by atoms with Crippen LogP contribution in [-0.2, 0) is 6.42 Å². The lowest BCUT2D eigenvalue weighted by atomic mass is 9.90. The largest absolute Gasteiger partial charge is 0.493 e. The van der Waals surface area contributed by atoms with Gasteiger partial charge in [0.15, 0.2) is 5.43 Å². The summed E-state index contributed by atoms with van der Waals surface area (Å²) >= 11 is 0. The molecule has 5 nitrogen and oxygen atoms in total. The van der Waals surface area contributed by atoms with E-state index in [4.69, 9.17) is 9.15 Å². The first-order valence-electron chi connectivity index (χ1n) is 9.34. The maximum atomic E-state index is 13.0. The van der Waals surface area contributed by atoms with Gasteiger partial charge in [-0.25, -0.2) is 4.79 Å². The van der Waals surface area contributed by atoms with Crippen LogP contribution >= 0.6 is 0 Å². The van der Waals surface area contributed by atoms with E-state index in [1.165, 1.54) is 12.1 Å². The van der Waals surface area contributed by atoms with Gasteiger partial charge in [-0.3, -0.25) is 4.79 Å². The number of carboxylic acids is 1. The van der Waals surface area contributed by atoms with Crippen molar-refractivity contribution in [3.63, 3.8) is 0 Å². The molecule has 0 fully saturated rings. The van der Waals surface area contributed by atoms with Crippen LogP contribution in [0, 0.1) is 0 Å². The van der Waals surface area contributed by atoms with Gasteiger partial charge < -0.3 is 14.3 Å². The van der Waals surface area contributed by atoms with Crippen LogP contribution in [0.25, 0.3) is 22.6 Å². The van der Waals surface area contributed by atoms with Crippen LogP contribution in [0.4, 0.5) is 0 Å². The second kappa shape index (κ2) is 7.35. The van der Waals surface area contributed by atoms with Crippen molar-refractivity contribution in [2.45, 2.75) is 26.2 Å². The molecular formula is C23H20O5. The fraction of sp³-hybridized carbons (Fsp3) is 0.217. The number of para-hydroxylation sites is 1. The molecular weight excluding hydrogens is 356 g/mol. The molecule has 0 amide bonds. The molecule has 1 aliphatic rings. The quantitative estimate of drug-likeness (QED) is 0.710. The number of ether oxygens (including phenoxy) is 1. The van der Waals surface area contributed by atoms with Gasteiger partial charge in [0.2, 0.25) is 0 Å². The van der Waals surface area contributed by atoms with E-state index < -0.39 is 5.97 Å². The molecule has 0 saturated carbocycles. The number of rotatable bonds is 4. The van der Waals surface area contributed by atoms with Crippen molar-refractivity contribution in [1.82, 2.24) is 0 Å². The van der Waals surface area contributed by atoms with Gasteiger partial charge in [-0.15, -0.1) is 0 Å². The summed E-state index contributed by atoms with van der Waals surface area (Å²) in [6, 6.07) is 12.2. The Kier molecular flexibility index (Phi) is 4.74. The third-order valence-corrected chi connectivity index (χ3v) is 4.94. The van der Waals surface area contributed by atoms with E-state index in [1.807, 2.05) is 37.3 Å². The predicted molar refractivity (Wildman–Crippen MR) is 108 cm³/mol. The van der Waals surface area contributed by atoms with E-state index >= 15 is 0 Å². The lowest BCUT2D eigenvalue weighted by Crippen LogP contribution is -2.16. The number of benzene rings is 2. The van der Waals surface area contributed by atoms with E-state index in [1.54, 1.807) is 6.07 Å². The second-order valence-corrected chi connectivity index (χ2v) is 6.75. The number of hydrogen-bond donors (Lipinski definition) is 1. The van der Waals surface area contributed by atoms with Crippen LogP contribution in [0.5, 0.6) is 5.75 Å². The molecule has 0 saturated heterocycles. The van der Waals surface area contributed by atoms with Crippen molar-refractivity contribution in [2.75, 3.05) is 6.61 Å². The predicted octanol–water partition coefficient (Wildman–Crippen LogP) is 4.77. The Hall–Kier alpha value is -3.34. The zero-order chi connectivity index (χ0) is 19.7. The molecule has 0 aliphatic heterocycles. The first-order chi connectivity index (χ1) is 13.6. The van der Waals surface area contributed by atoms with E-state index in [0.29, 0.717) is 35.3 Å². The molecule has 1 aromatic heterocycles. The van der Waals surface area contributed by atoms with Gasteiger partial charge in [-0.1, -0.05) is 18.2 Å². The Morgan fingerprint density at radius 1 is 1.21 bits per heavy atom. The summed E-state index contributed by atoms with van der Waals surface area (Å²) in [7, 11) is 0. The molecule has 28 heavy (non-hydrogen) atoms. The highest BCUT2D eigenvalue weighted by molar-refractivity contribution is 5.93. The Morgan fingerprint density at radius 2 is 2.04 bits per heavy atom. The molecule has 0 spiro atoms. The smallest absolute Gasteiger partial charge is 0.335 e. The van der Waals surface area contributed by atoms with Crippen LogP contribution in [0.3, 0.4) is 0 Å². The third kappa shape index (κ3) is 3.20. The Bertz CT molecular complexity index is 1150. The molecule has 1 N–H and O–H groups in total. The fourth-order valence-corrected chi connectivity index (χ4v) is 3.63. The summed E-state index contributed by atoms with van der Waals surface area (Å²) in [5.41, 5.74) is 2.84. The van der Waals surface area contributed by atoms with E-state index in [-0.39, 0.29) is 11.0 Å². The lowest BCUT2D eigenvalue weighted by Gasteiger charge is -2.18. The number of aromatic carboxylic acids is 1. The highest BCUT2D eigenvalue weighted by Crippen LogP contribution is 2.34. The minimum Gasteiger partial charge on any atom is -0.493 e. The van der Waals surface area contributed by atoms with Gasteiger partial charge in [0.1, 0.15) is 17.1 Å². The molecule has 4 rings (SSSR count). The highest BCUT2D eigenvalue weighted by atomic mass is 16.5. The van der Waals surface area contributed by atoms with E-state index in [2.05, 4.69) is 0 Å². The van der Waals surface area contributed by atoms with Gasteiger partial charge in [0.25, 0.3) is 0 Å². The number of carbonyl (C=O) groups is 1. The lowest BCUT2D eigenvalue weighted by molar-refractivity contribution is 0.0697. The topological polar surface area (TPSA) is 76.7 Å². The third-order valence-electron chi connectivity index (χ3n) is 4.94. The van der Waals surface area contributed by atoms with Gasteiger partial charge in [0.05, 0.1) is 17.6 Å². The minimum absolute atomic E-state index is 0.0805. The molecule has 1 aliphatic carbocycles. The van der Waals surface area contributed by atoms with E-state index in [0.717, 1.165) is 29.7 Å². The van der Waals surface area contributed by atoms with Crippen molar-refractivity contribution in [3.8, 4) is 5.75 Å². The van der Waals surface area contributed by atoms with Crippen molar-refractivity contribution < 1.29 is 19.1 Å². The van der Waals surface area contributed by atoms with Gasteiger partial charge in [-0.05, 0) is 62.1 Å². The maximum Gasteiger partial charge on any atom is 0.335 e. The molecule has 0 atom stereocenters. The minimum atomic E-state index is -1.06. The standard InChI is InChI=1S/C23H20O5/c1-2-27-19-9-4-3-6-14(19)12-15-7-5-8-17-21(24)18-13-16(23(25)26)10-11-20(18)28-22(15)17/h3-4,6,9-13H,2,5,7-8H2,1H3,(H,25,26)/b15-12+.